The first-order chi connectivity index (χ1) is 10.8. The number of aryl methyl sites for hydroxylation is 2. The van der Waals surface area contributed by atoms with Crippen molar-refractivity contribution in [1.82, 2.24) is 0 Å². The van der Waals surface area contributed by atoms with E-state index in [1.807, 2.05) is 0 Å². The van der Waals surface area contributed by atoms with Crippen molar-refractivity contribution in [2.75, 3.05) is 0 Å². The predicted molar refractivity (Wildman–Crippen MR) is 96.2 cm³/mol. The number of benzene rings is 3. The molecule has 0 unspecified atom stereocenters. The molecule has 0 atom stereocenters. The van der Waals surface area contributed by atoms with Crippen LogP contribution in [0, 0.1) is 13.8 Å². The summed E-state index contributed by atoms with van der Waals surface area (Å²) in [7, 11) is 0. The van der Waals surface area contributed by atoms with E-state index in [1.54, 1.807) is 0 Å². The number of hydrogen-bond acceptors (Lipinski definition) is 0. The van der Waals surface area contributed by atoms with Gasteiger partial charge in [-0.3, -0.25) is 0 Å². The minimum atomic E-state index is 1.14. The third kappa shape index (κ3) is 1.99. The quantitative estimate of drug-likeness (QED) is 0.507. The molecule has 0 saturated heterocycles. The zero-order valence-electron chi connectivity index (χ0n) is 13.2. The van der Waals surface area contributed by atoms with Gasteiger partial charge in [-0.05, 0) is 70.8 Å². The van der Waals surface area contributed by atoms with E-state index >= 15 is 0 Å². The summed E-state index contributed by atoms with van der Waals surface area (Å²) in [5.74, 6) is 0. The van der Waals surface area contributed by atoms with Crippen LogP contribution in [0.4, 0.5) is 0 Å². The van der Waals surface area contributed by atoms with Crippen LogP contribution in [0.5, 0.6) is 0 Å². The van der Waals surface area contributed by atoms with E-state index in [0.29, 0.717) is 0 Å². The molecule has 0 radical (unpaired) electrons. The number of rotatable bonds is 1. The van der Waals surface area contributed by atoms with Gasteiger partial charge in [0.15, 0.2) is 0 Å². The van der Waals surface area contributed by atoms with Crippen LogP contribution in [0.2, 0.25) is 0 Å². The molecule has 0 fully saturated rings. The molecular weight excluding hydrogens is 264 g/mol. The zero-order valence-corrected chi connectivity index (χ0v) is 13.2. The molecular formula is C22H20. The summed E-state index contributed by atoms with van der Waals surface area (Å²) in [6, 6.07) is 17.8. The van der Waals surface area contributed by atoms with Crippen molar-refractivity contribution in [2.45, 2.75) is 26.7 Å². The van der Waals surface area contributed by atoms with Crippen LogP contribution in [0.25, 0.3) is 28.0 Å². The van der Waals surface area contributed by atoms with Gasteiger partial charge < -0.3 is 0 Å². The predicted octanol–water partition coefficient (Wildman–Crippen LogP) is 6.08. The molecule has 1 aliphatic rings. The zero-order chi connectivity index (χ0) is 15.1. The average Bonchev–Trinajstić information content (AvgIpc) is 2.56. The van der Waals surface area contributed by atoms with Crippen molar-refractivity contribution in [3.63, 3.8) is 0 Å². The van der Waals surface area contributed by atoms with Gasteiger partial charge in [0.25, 0.3) is 0 Å². The highest BCUT2D eigenvalue weighted by molar-refractivity contribution is 6.00. The Morgan fingerprint density at radius 1 is 0.773 bits per heavy atom. The average molecular weight is 284 g/mol. The van der Waals surface area contributed by atoms with Gasteiger partial charge in [0, 0.05) is 0 Å². The molecule has 0 amide bonds. The summed E-state index contributed by atoms with van der Waals surface area (Å²) >= 11 is 0. The minimum absolute atomic E-state index is 1.14. The summed E-state index contributed by atoms with van der Waals surface area (Å²) in [6.07, 6.45) is 6.86. The van der Waals surface area contributed by atoms with Gasteiger partial charge >= 0.3 is 0 Å². The van der Waals surface area contributed by atoms with Crippen LogP contribution in [-0.4, -0.2) is 0 Å². The molecule has 0 heteroatoms. The van der Waals surface area contributed by atoms with Crippen LogP contribution in [0.3, 0.4) is 0 Å². The molecule has 0 saturated carbocycles. The Balaban J connectivity index is 2.13. The lowest BCUT2D eigenvalue weighted by molar-refractivity contribution is 0.985. The molecule has 3 aromatic carbocycles. The number of allylic oxidation sites excluding steroid dienone is 1. The molecule has 4 rings (SSSR count). The molecule has 0 spiro atoms. The fraction of sp³-hybridized carbons (Fsp3) is 0.182. The van der Waals surface area contributed by atoms with Crippen molar-refractivity contribution in [3.05, 3.63) is 76.9 Å². The number of fused-ring (bicyclic) bond motifs is 2. The largest absolute Gasteiger partial charge is 0.0836 e. The minimum Gasteiger partial charge on any atom is -0.0836 e. The van der Waals surface area contributed by atoms with Gasteiger partial charge in [0.2, 0.25) is 0 Å². The van der Waals surface area contributed by atoms with Crippen molar-refractivity contribution >= 4 is 16.8 Å². The van der Waals surface area contributed by atoms with Gasteiger partial charge in [-0.1, -0.05) is 60.7 Å². The first-order valence-electron chi connectivity index (χ1n) is 8.03. The molecule has 0 heterocycles. The lowest BCUT2D eigenvalue weighted by Gasteiger charge is -2.21. The van der Waals surface area contributed by atoms with E-state index in [-0.39, 0.29) is 0 Å². The highest BCUT2D eigenvalue weighted by Crippen LogP contribution is 2.39. The van der Waals surface area contributed by atoms with Crippen LogP contribution in [0.15, 0.2) is 54.6 Å². The second-order valence-electron chi connectivity index (χ2n) is 6.24. The maximum Gasteiger partial charge on any atom is -0.00705 e. The van der Waals surface area contributed by atoms with E-state index < -0.39 is 0 Å². The molecule has 0 aliphatic heterocycles. The van der Waals surface area contributed by atoms with Gasteiger partial charge in [-0.25, -0.2) is 0 Å². The summed E-state index contributed by atoms with van der Waals surface area (Å²) < 4.78 is 0. The van der Waals surface area contributed by atoms with Gasteiger partial charge in [0.05, 0.1) is 0 Å². The van der Waals surface area contributed by atoms with E-state index in [1.165, 1.54) is 44.2 Å². The summed E-state index contributed by atoms with van der Waals surface area (Å²) in [6.45, 7) is 4.48. The van der Waals surface area contributed by atoms with Crippen LogP contribution in [-0.2, 0) is 6.42 Å². The lowest BCUT2D eigenvalue weighted by Crippen LogP contribution is -2.01. The maximum atomic E-state index is 2.29. The lowest BCUT2D eigenvalue weighted by atomic mass is 9.83. The first-order valence-corrected chi connectivity index (χ1v) is 8.03. The third-order valence-electron chi connectivity index (χ3n) is 4.80. The Kier molecular flexibility index (Phi) is 3.11. The van der Waals surface area contributed by atoms with Crippen molar-refractivity contribution < 1.29 is 0 Å². The molecule has 1 aliphatic carbocycles. The van der Waals surface area contributed by atoms with Gasteiger partial charge in [0.1, 0.15) is 0 Å². The number of hydrogen-bond donors (Lipinski definition) is 0. The fourth-order valence-electron chi connectivity index (χ4n) is 3.70. The molecule has 0 bridgehead atoms. The summed E-state index contributed by atoms with van der Waals surface area (Å²) in [4.78, 5) is 0. The highest BCUT2D eigenvalue weighted by Gasteiger charge is 2.17. The molecule has 108 valence electrons. The van der Waals surface area contributed by atoms with Crippen LogP contribution in [0.1, 0.15) is 28.7 Å². The van der Waals surface area contributed by atoms with E-state index in [2.05, 4.69) is 74.5 Å². The van der Waals surface area contributed by atoms with Crippen LogP contribution < -0.4 is 0 Å². The van der Waals surface area contributed by atoms with Crippen molar-refractivity contribution in [2.24, 2.45) is 0 Å². The topological polar surface area (TPSA) is 0 Å². The summed E-state index contributed by atoms with van der Waals surface area (Å²) in [5.41, 5.74) is 8.53. The van der Waals surface area contributed by atoms with Crippen LogP contribution >= 0.6 is 0 Å². The summed E-state index contributed by atoms with van der Waals surface area (Å²) in [5, 5.41) is 2.69. The Hall–Kier alpha value is -2.34. The smallest absolute Gasteiger partial charge is 0.00705 e. The standard InChI is InChI=1S/C22H20/c1-15-11-13-17-7-3-5-9-19(17)21(15)22-16(2)12-14-18-8-4-6-10-20(18)22/h3-5,7-9,11-14H,6,10H2,1-2H3. The van der Waals surface area contributed by atoms with Crippen molar-refractivity contribution in [1.29, 1.82) is 0 Å². The molecule has 0 nitrogen and oxygen atoms in total. The Bertz CT molecular complexity index is 897. The third-order valence-corrected chi connectivity index (χ3v) is 4.80. The normalized spacial score (nSPS) is 13.4. The second-order valence-corrected chi connectivity index (χ2v) is 6.24. The second kappa shape index (κ2) is 5.14. The Morgan fingerprint density at radius 3 is 2.45 bits per heavy atom. The van der Waals surface area contributed by atoms with E-state index in [4.69, 9.17) is 0 Å². The molecule has 0 N–H and O–H groups in total. The SMILES string of the molecule is Cc1ccc2c(c1-c1c(C)ccc3ccccc13)CCC=C2. The highest BCUT2D eigenvalue weighted by atomic mass is 14.2. The van der Waals surface area contributed by atoms with E-state index in [0.717, 1.165) is 12.8 Å². The monoisotopic (exact) mass is 284 g/mol. The van der Waals surface area contributed by atoms with Crippen molar-refractivity contribution in [3.8, 4) is 11.1 Å². The molecule has 0 aromatic heterocycles. The van der Waals surface area contributed by atoms with E-state index in [9.17, 15) is 0 Å². The first kappa shape index (κ1) is 13.3. The molecule has 22 heavy (non-hydrogen) atoms. The molecule has 3 aromatic rings. The fourth-order valence-corrected chi connectivity index (χ4v) is 3.70. The Labute approximate surface area is 132 Å². The maximum absolute atomic E-state index is 2.29. The van der Waals surface area contributed by atoms with Gasteiger partial charge in [-0.15, -0.1) is 0 Å². The van der Waals surface area contributed by atoms with Gasteiger partial charge in [-0.2, -0.15) is 0 Å². The Morgan fingerprint density at radius 2 is 1.55 bits per heavy atom.